The van der Waals surface area contributed by atoms with E-state index in [0.717, 1.165) is 35.9 Å². The minimum Gasteiger partial charge on any atom is -0.352 e. The highest BCUT2D eigenvalue weighted by Gasteiger charge is 2.24. The van der Waals surface area contributed by atoms with Crippen LogP contribution in [-0.4, -0.2) is 27.3 Å². The van der Waals surface area contributed by atoms with Crippen LogP contribution in [0.4, 0.5) is 0 Å². The Morgan fingerprint density at radius 3 is 2.85 bits per heavy atom. The van der Waals surface area contributed by atoms with Crippen LogP contribution in [0.3, 0.4) is 0 Å². The number of aryl methyl sites for hydroxylation is 2. The van der Waals surface area contributed by atoms with Gasteiger partial charge in [-0.15, -0.1) is 11.3 Å². The van der Waals surface area contributed by atoms with Gasteiger partial charge < -0.3 is 5.32 Å². The first kappa shape index (κ1) is 19.0. The van der Waals surface area contributed by atoms with E-state index >= 15 is 0 Å². The molecule has 2 aromatic heterocycles. The van der Waals surface area contributed by atoms with Crippen LogP contribution in [0.5, 0.6) is 0 Å². The van der Waals surface area contributed by atoms with Gasteiger partial charge >= 0.3 is 0 Å². The Hall–Kier alpha value is -1.34. The Kier molecular flexibility index (Phi) is 5.60. The molecule has 0 aliphatic heterocycles. The lowest BCUT2D eigenvalue weighted by atomic mass is 9.86. The van der Waals surface area contributed by atoms with Gasteiger partial charge in [0.1, 0.15) is 4.83 Å². The second-order valence-corrected chi connectivity index (χ2v) is 9.90. The Morgan fingerprint density at radius 2 is 2.04 bits per heavy atom. The van der Waals surface area contributed by atoms with Gasteiger partial charge in [-0.2, -0.15) is 0 Å². The molecule has 1 amide bonds. The number of carbonyl (C=O) groups is 1. The lowest BCUT2D eigenvalue weighted by Crippen LogP contribution is -2.41. The van der Waals surface area contributed by atoms with Crippen molar-refractivity contribution in [2.75, 3.05) is 5.75 Å². The summed E-state index contributed by atoms with van der Waals surface area (Å²) in [5.74, 6) is 0.891. The van der Waals surface area contributed by atoms with Gasteiger partial charge in [0.2, 0.25) is 5.91 Å². The van der Waals surface area contributed by atoms with E-state index in [9.17, 15) is 9.59 Å². The fourth-order valence-electron chi connectivity index (χ4n) is 4.31. The Morgan fingerprint density at radius 1 is 1.26 bits per heavy atom. The molecule has 2 aliphatic carbocycles. The van der Waals surface area contributed by atoms with E-state index in [0.29, 0.717) is 16.8 Å². The minimum absolute atomic E-state index is 0.0308. The summed E-state index contributed by atoms with van der Waals surface area (Å²) in [6, 6.07) is 0.287. The fourth-order valence-corrected chi connectivity index (χ4v) is 6.39. The molecule has 4 rings (SSSR count). The van der Waals surface area contributed by atoms with Crippen LogP contribution >= 0.6 is 23.1 Å². The third-order valence-electron chi connectivity index (χ3n) is 5.95. The van der Waals surface area contributed by atoms with Crippen LogP contribution in [0.15, 0.2) is 9.95 Å². The third kappa shape index (κ3) is 3.81. The fraction of sp³-hybridized carbons (Fsp3) is 0.650. The van der Waals surface area contributed by atoms with Crippen molar-refractivity contribution in [3.63, 3.8) is 0 Å². The summed E-state index contributed by atoms with van der Waals surface area (Å²) in [7, 11) is 1.77. The standard InChI is InChI=1S/C20H27N3O2S2/c1-12-7-3-5-9-14(12)21-16(24)11-26-20-22-18-17(19(25)23(20)2)13-8-4-6-10-15(13)27-18/h12,14H,3-11H2,1-2H3,(H,21,24). The summed E-state index contributed by atoms with van der Waals surface area (Å²) in [5.41, 5.74) is 1.25. The largest absolute Gasteiger partial charge is 0.352 e. The second kappa shape index (κ2) is 7.95. The van der Waals surface area contributed by atoms with Gasteiger partial charge in [-0.25, -0.2) is 4.98 Å². The van der Waals surface area contributed by atoms with E-state index in [2.05, 4.69) is 12.2 Å². The van der Waals surface area contributed by atoms with Crippen LogP contribution in [0.2, 0.25) is 0 Å². The minimum atomic E-state index is 0.0308. The number of carbonyl (C=O) groups excluding carboxylic acids is 1. The molecule has 27 heavy (non-hydrogen) atoms. The van der Waals surface area contributed by atoms with Gasteiger partial charge in [-0.05, 0) is 50.0 Å². The predicted molar refractivity (Wildman–Crippen MR) is 112 cm³/mol. The number of aromatic nitrogens is 2. The predicted octanol–water partition coefficient (Wildman–Crippen LogP) is 3.66. The average Bonchev–Trinajstić information content (AvgIpc) is 3.04. The summed E-state index contributed by atoms with van der Waals surface area (Å²) in [6.45, 7) is 2.22. The van der Waals surface area contributed by atoms with Crippen molar-refractivity contribution >= 4 is 39.2 Å². The van der Waals surface area contributed by atoms with E-state index in [1.54, 1.807) is 23.0 Å². The maximum absolute atomic E-state index is 12.9. The molecular weight excluding hydrogens is 378 g/mol. The van der Waals surface area contributed by atoms with Crippen LogP contribution in [0, 0.1) is 5.92 Å². The zero-order valence-corrected chi connectivity index (χ0v) is 17.7. The highest BCUT2D eigenvalue weighted by Crippen LogP contribution is 2.34. The molecule has 146 valence electrons. The molecule has 7 heteroatoms. The van der Waals surface area contributed by atoms with Gasteiger partial charge in [0, 0.05) is 18.0 Å². The molecular formula is C20H27N3O2S2. The molecule has 0 saturated heterocycles. The number of amides is 1. The maximum atomic E-state index is 12.9. The summed E-state index contributed by atoms with van der Waals surface area (Å²) in [4.78, 5) is 32.2. The van der Waals surface area contributed by atoms with E-state index in [4.69, 9.17) is 4.98 Å². The third-order valence-corrected chi connectivity index (χ3v) is 8.16. The van der Waals surface area contributed by atoms with Crippen LogP contribution in [-0.2, 0) is 24.7 Å². The second-order valence-electron chi connectivity index (χ2n) is 7.87. The molecule has 0 spiro atoms. The van der Waals surface area contributed by atoms with Crippen molar-refractivity contribution in [1.82, 2.24) is 14.9 Å². The number of thioether (sulfide) groups is 1. The molecule has 2 heterocycles. The monoisotopic (exact) mass is 405 g/mol. The first-order chi connectivity index (χ1) is 13.0. The average molecular weight is 406 g/mol. The Bertz CT molecular complexity index is 918. The Balaban J connectivity index is 1.50. The van der Waals surface area contributed by atoms with Crippen molar-refractivity contribution in [1.29, 1.82) is 0 Å². The van der Waals surface area contributed by atoms with Crippen LogP contribution in [0.25, 0.3) is 10.2 Å². The molecule has 2 atom stereocenters. The number of rotatable bonds is 4. The van der Waals surface area contributed by atoms with Crippen LogP contribution in [0.1, 0.15) is 55.9 Å². The lowest BCUT2D eigenvalue weighted by Gasteiger charge is -2.29. The summed E-state index contributed by atoms with van der Waals surface area (Å²) in [5, 5.41) is 4.62. The first-order valence-corrected chi connectivity index (χ1v) is 11.8. The number of thiophene rings is 1. The quantitative estimate of drug-likeness (QED) is 0.623. The maximum Gasteiger partial charge on any atom is 0.262 e. The summed E-state index contributed by atoms with van der Waals surface area (Å²) >= 11 is 3.03. The molecule has 1 saturated carbocycles. The molecule has 1 N–H and O–H groups in total. The molecule has 1 fully saturated rings. The van der Waals surface area contributed by atoms with E-state index in [1.807, 2.05) is 0 Å². The number of hydrogen-bond acceptors (Lipinski definition) is 5. The van der Waals surface area contributed by atoms with Crippen LogP contribution < -0.4 is 10.9 Å². The molecule has 0 bridgehead atoms. The van der Waals surface area contributed by atoms with Gasteiger partial charge in [-0.3, -0.25) is 14.2 Å². The van der Waals surface area contributed by atoms with Crippen molar-refractivity contribution in [2.24, 2.45) is 13.0 Å². The van der Waals surface area contributed by atoms with Crippen molar-refractivity contribution in [2.45, 2.75) is 69.5 Å². The Labute approximate surface area is 167 Å². The number of nitrogens with one attached hydrogen (secondary N) is 1. The summed E-state index contributed by atoms with van der Waals surface area (Å²) in [6.07, 6.45) is 9.11. The summed E-state index contributed by atoms with van der Waals surface area (Å²) < 4.78 is 1.62. The van der Waals surface area contributed by atoms with Gasteiger partial charge in [0.15, 0.2) is 5.16 Å². The molecule has 0 radical (unpaired) electrons. The first-order valence-electron chi connectivity index (χ1n) is 9.98. The molecule has 2 aliphatic rings. The smallest absolute Gasteiger partial charge is 0.262 e. The number of nitrogens with zero attached hydrogens (tertiary/aromatic N) is 2. The van der Waals surface area contributed by atoms with Crippen molar-refractivity contribution < 1.29 is 4.79 Å². The highest BCUT2D eigenvalue weighted by molar-refractivity contribution is 7.99. The van der Waals surface area contributed by atoms with Gasteiger partial charge in [-0.1, -0.05) is 31.5 Å². The van der Waals surface area contributed by atoms with Gasteiger partial charge in [0.25, 0.3) is 5.56 Å². The molecule has 2 unspecified atom stereocenters. The van der Waals surface area contributed by atoms with E-state index in [-0.39, 0.29) is 17.5 Å². The normalized spacial score (nSPS) is 22.6. The molecule has 0 aromatic carbocycles. The number of fused-ring (bicyclic) bond motifs is 3. The zero-order chi connectivity index (χ0) is 19.0. The van der Waals surface area contributed by atoms with Gasteiger partial charge in [0.05, 0.1) is 11.1 Å². The molecule has 5 nitrogen and oxygen atoms in total. The zero-order valence-electron chi connectivity index (χ0n) is 16.0. The van der Waals surface area contributed by atoms with Crippen molar-refractivity contribution in [3.8, 4) is 0 Å². The number of hydrogen-bond donors (Lipinski definition) is 1. The molecule has 2 aromatic rings. The highest BCUT2D eigenvalue weighted by atomic mass is 32.2. The topological polar surface area (TPSA) is 64.0 Å². The lowest BCUT2D eigenvalue weighted by molar-refractivity contribution is -0.119. The SMILES string of the molecule is CC1CCCCC1NC(=O)CSc1nc2sc3c(c2c(=O)n1C)CCCC3. The van der Waals surface area contributed by atoms with E-state index in [1.165, 1.54) is 47.9 Å². The van der Waals surface area contributed by atoms with E-state index < -0.39 is 0 Å². The van der Waals surface area contributed by atoms with Crippen molar-refractivity contribution in [3.05, 3.63) is 20.8 Å².